The molecule has 1 rings (SSSR count). The van der Waals surface area contributed by atoms with Crippen LogP contribution in [0.5, 0.6) is 0 Å². The number of amides is 2. The van der Waals surface area contributed by atoms with Gasteiger partial charge in [0, 0.05) is 12.3 Å². The van der Waals surface area contributed by atoms with Crippen LogP contribution in [0.1, 0.15) is 19.5 Å². The molecule has 0 aliphatic heterocycles. The molecule has 5 nitrogen and oxygen atoms in total. The molecule has 0 saturated heterocycles. The second-order valence-corrected chi connectivity index (χ2v) is 4.06. The molecule has 1 heterocycles. The normalized spacial score (nSPS) is 11.9. The molecule has 0 bridgehead atoms. The molecule has 0 aliphatic rings. The van der Waals surface area contributed by atoms with E-state index >= 15 is 0 Å². The highest BCUT2D eigenvalue weighted by Crippen LogP contribution is 2.14. The monoisotopic (exact) mass is 227 g/mol. The molecule has 1 aromatic heterocycles. The molecule has 1 aromatic rings. The number of carbonyl (C=O) groups is 2. The highest BCUT2D eigenvalue weighted by molar-refractivity contribution is 7.13. The van der Waals surface area contributed by atoms with E-state index in [0.29, 0.717) is 5.13 Å². The van der Waals surface area contributed by atoms with E-state index < -0.39 is 6.04 Å². The van der Waals surface area contributed by atoms with Gasteiger partial charge in [-0.05, 0) is 13.8 Å². The van der Waals surface area contributed by atoms with Crippen LogP contribution in [0.15, 0.2) is 5.38 Å². The van der Waals surface area contributed by atoms with Crippen molar-refractivity contribution in [2.75, 3.05) is 5.32 Å². The first-order valence-electron chi connectivity index (χ1n) is 4.49. The zero-order valence-corrected chi connectivity index (χ0v) is 9.64. The third-order valence-electron chi connectivity index (χ3n) is 1.66. The van der Waals surface area contributed by atoms with Crippen LogP contribution in [-0.2, 0) is 9.59 Å². The number of aromatic nitrogens is 1. The lowest BCUT2D eigenvalue weighted by Crippen LogP contribution is -2.40. The molecule has 6 heteroatoms. The first-order valence-corrected chi connectivity index (χ1v) is 5.37. The maximum atomic E-state index is 11.5. The van der Waals surface area contributed by atoms with Crippen molar-refractivity contribution >= 4 is 28.3 Å². The zero-order chi connectivity index (χ0) is 11.4. The van der Waals surface area contributed by atoms with Crippen LogP contribution >= 0.6 is 11.3 Å². The summed E-state index contributed by atoms with van der Waals surface area (Å²) in [6.07, 6.45) is 0. The fourth-order valence-electron chi connectivity index (χ4n) is 0.995. The smallest absolute Gasteiger partial charge is 0.248 e. The van der Waals surface area contributed by atoms with Gasteiger partial charge in [0.15, 0.2) is 5.13 Å². The van der Waals surface area contributed by atoms with Crippen molar-refractivity contribution in [2.24, 2.45) is 0 Å². The second-order valence-electron chi connectivity index (χ2n) is 3.21. The van der Waals surface area contributed by atoms with Crippen molar-refractivity contribution in [3.63, 3.8) is 0 Å². The van der Waals surface area contributed by atoms with Gasteiger partial charge in [-0.3, -0.25) is 9.59 Å². The van der Waals surface area contributed by atoms with Crippen LogP contribution in [0, 0.1) is 6.92 Å². The Morgan fingerprint density at radius 1 is 1.53 bits per heavy atom. The molecule has 1 atom stereocenters. The summed E-state index contributed by atoms with van der Waals surface area (Å²) >= 11 is 1.36. The minimum absolute atomic E-state index is 0.229. The van der Waals surface area contributed by atoms with E-state index in [9.17, 15) is 9.59 Å². The summed E-state index contributed by atoms with van der Waals surface area (Å²) in [5.74, 6) is -0.493. The lowest BCUT2D eigenvalue weighted by molar-refractivity contribution is -0.124. The maximum Gasteiger partial charge on any atom is 0.248 e. The van der Waals surface area contributed by atoms with E-state index in [2.05, 4.69) is 15.6 Å². The van der Waals surface area contributed by atoms with Crippen molar-refractivity contribution in [1.29, 1.82) is 0 Å². The van der Waals surface area contributed by atoms with Crippen LogP contribution in [0.4, 0.5) is 5.13 Å². The Bertz CT molecular complexity index is 375. The number of nitrogens with one attached hydrogen (secondary N) is 2. The first-order chi connectivity index (χ1) is 6.99. The SMILES string of the molecule is CC(=O)NC(C)C(=O)Nc1nc(C)cs1. The molecular weight excluding hydrogens is 214 g/mol. The topological polar surface area (TPSA) is 71.1 Å². The average Bonchev–Trinajstić information content (AvgIpc) is 2.50. The standard InChI is InChI=1S/C9H13N3O2S/c1-5-4-15-9(10-5)12-8(14)6(2)11-7(3)13/h4,6H,1-3H3,(H,11,13)(H,10,12,14). The quantitative estimate of drug-likeness (QED) is 0.806. The zero-order valence-electron chi connectivity index (χ0n) is 8.83. The second kappa shape index (κ2) is 4.88. The Balaban J connectivity index is 2.52. The Morgan fingerprint density at radius 2 is 2.20 bits per heavy atom. The first kappa shape index (κ1) is 11.6. The Hall–Kier alpha value is -1.43. The molecule has 0 aliphatic carbocycles. The van der Waals surface area contributed by atoms with E-state index in [1.165, 1.54) is 18.3 Å². The molecule has 0 spiro atoms. The average molecular weight is 227 g/mol. The third-order valence-corrected chi connectivity index (χ3v) is 2.54. The number of hydrogen-bond acceptors (Lipinski definition) is 4. The summed E-state index contributed by atoms with van der Waals surface area (Å²) in [5, 5.41) is 7.51. The van der Waals surface area contributed by atoms with Gasteiger partial charge in [0.2, 0.25) is 11.8 Å². The van der Waals surface area contributed by atoms with Crippen molar-refractivity contribution in [1.82, 2.24) is 10.3 Å². The predicted octanol–water partition coefficient (Wildman–Crippen LogP) is 0.915. The van der Waals surface area contributed by atoms with E-state index in [-0.39, 0.29) is 11.8 Å². The summed E-state index contributed by atoms with van der Waals surface area (Å²) in [5.41, 5.74) is 0.863. The van der Waals surface area contributed by atoms with E-state index in [1.807, 2.05) is 12.3 Å². The third kappa shape index (κ3) is 3.67. The lowest BCUT2D eigenvalue weighted by Gasteiger charge is -2.10. The molecular formula is C9H13N3O2S. The largest absolute Gasteiger partial charge is 0.345 e. The van der Waals surface area contributed by atoms with E-state index in [0.717, 1.165) is 5.69 Å². The summed E-state index contributed by atoms with van der Waals surface area (Å²) < 4.78 is 0. The van der Waals surface area contributed by atoms with Gasteiger partial charge in [0.25, 0.3) is 0 Å². The number of thiazole rings is 1. The highest BCUT2D eigenvalue weighted by atomic mass is 32.1. The molecule has 15 heavy (non-hydrogen) atoms. The van der Waals surface area contributed by atoms with Crippen LogP contribution in [0.3, 0.4) is 0 Å². The summed E-state index contributed by atoms with van der Waals surface area (Å²) in [6, 6.07) is -0.549. The molecule has 0 aromatic carbocycles. The fraction of sp³-hybridized carbons (Fsp3) is 0.444. The van der Waals surface area contributed by atoms with E-state index in [1.54, 1.807) is 6.92 Å². The van der Waals surface area contributed by atoms with Gasteiger partial charge in [0.1, 0.15) is 6.04 Å². The molecule has 82 valence electrons. The Kier molecular flexibility index (Phi) is 3.79. The number of carbonyl (C=O) groups excluding carboxylic acids is 2. The molecule has 0 radical (unpaired) electrons. The summed E-state index contributed by atoms with van der Waals surface area (Å²) in [4.78, 5) is 26.3. The van der Waals surface area contributed by atoms with Gasteiger partial charge >= 0.3 is 0 Å². The molecule has 2 N–H and O–H groups in total. The number of anilines is 1. The van der Waals surface area contributed by atoms with Gasteiger partial charge < -0.3 is 10.6 Å². The Labute approximate surface area is 91.9 Å². The van der Waals surface area contributed by atoms with Gasteiger partial charge in [-0.1, -0.05) is 0 Å². The molecule has 0 fully saturated rings. The Morgan fingerprint density at radius 3 is 2.67 bits per heavy atom. The number of aryl methyl sites for hydroxylation is 1. The van der Waals surface area contributed by atoms with Crippen LogP contribution in [0.25, 0.3) is 0 Å². The van der Waals surface area contributed by atoms with Crippen molar-refractivity contribution < 1.29 is 9.59 Å². The molecule has 0 saturated carbocycles. The van der Waals surface area contributed by atoms with Crippen LogP contribution < -0.4 is 10.6 Å². The number of nitrogens with zero attached hydrogens (tertiary/aromatic N) is 1. The van der Waals surface area contributed by atoms with Crippen LogP contribution in [0.2, 0.25) is 0 Å². The van der Waals surface area contributed by atoms with E-state index in [4.69, 9.17) is 0 Å². The van der Waals surface area contributed by atoms with Crippen molar-refractivity contribution in [3.05, 3.63) is 11.1 Å². The molecule has 1 unspecified atom stereocenters. The number of hydrogen-bond donors (Lipinski definition) is 2. The lowest BCUT2D eigenvalue weighted by atomic mass is 10.3. The fourth-order valence-corrected chi connectivity index (χ4v) is 1.69. The van der Waals surface area contributed by atoms with Gasteiger partial charge in [-0.15, -0.1) is 11.3 Å². The minimum Gasteiger partial charge on any atom is -0.345 e. The maximum absolute atomic E-state index is 11.5. The van der Waals surface area contributed by atoms with Crippen molar-refractivity contribution in [2.45, 2.75) is 26.8 Å². The number of rotatable bonds is 3. The summed E-state index contributed by atoms with van der Waals surface area (Å²) in [7, 11) is 0. The minimum atomic E-state index is -0.549. The van der Waals surface area contributed by atoms with Gasteiger partial charge in [-0.25, -0.2) is 4.98 Å². The van der Waals surface area contributed by atoms with Gasteiger partial charge in [-0.2, -0.15) is 0 Å². The van der Waals surface area contributed by atoms with Gasteiger partial charge in [0.05, 0.1) is 5.69 Å². The van der Waals surface area contributed by atoms with Crippen LogP contribution in [-0.4, -0.2) is 22.8 Å². The predicted molar refractivity (Wildman–Crippen MR) is 58.8 cm³/mol. The summed E-state index contributed by atoms with van der Waals surface area (Å²) in [6.45, 7) is 4.85. The molecule has 2 amide bonds. The highest BCUT2D eigenvalue weighted by Gasteiger charge is 2.14. The van der Waals surface area contributed by atoms with Crippen molar-refractivity contribution in [3.8, 4) is 0 Å².